The summed E-state index contributed by atoms with van der Waals surface area (Å²) < 4.78 is 18.3. The molecule has 0 fully saturated rings. The third kappa shape index (κ3) is 4.81. The van der Waals surface area contributed by atoms with Crippen LogP contribution in [0.4, 0.5) is 0 Å². The molecule has 0 aliphatic carbocycles. The van der Waals surface area contributed by atoms with Crippen LogP contribution in [0.15, 0.2) is 70.2 Å². The first-order chi connectivity index (χ1) is 15.6. The predicted octanol–water partition coefficient (Wildman–Crippen LogP) is 4.49. The molecule has 2 aromatic carbocycles. The van der Waals surface area contributed by atoms with Crippen LogP contribution in [-0.4, -0.2) is 36.7 Å². The van der Waals surface area contributed by atoms with Crippen molar-refractivity contribution in [2.45, 2.75) is 37.0 Å². The summed E-state index contributed by atoms with van der Waals surface area (Å²) in [6, 6.07) is 15.5. The first-order valence-corrected chi connectivity index (χ1v) is 11.7. The van der Waals surface area contributed by atoms with Gasteiger partial charge in [-0.15, -0.1) is 10.2 Å². The van der Waals surface area contributed by atoms with Gasteiger partial charge in [-0.1, -0.05) is 38.1 Å². The van der Waals surface area contributed by atoms with E-state index in [1.807, 2.05) is 69.4 Å². The number of hydrogen-bond acceptors (Lipinski definition) is 7. The average Bonchev–Trinajstić information content (AvgIpc) is 3.34. The van der Waals surface area contributed by atoms with Crippen LogP contribution in [0, 0.1) is 0 Å². The summed E-state index contributed by atoms with van der Waals surface area (Å²) in [6.45, 7) is 4.83. The van der Waals surface area contributed by atoms with Gasteiger partial charge < -0.3 is 9.73 Å². The van der Waals surface area contributed by atoms with Crippen LogP contribution >= 0.6 is 0 Å². The lowest BCUT2D eigenvalue weighted by Gasteiger charge is -2.09. The first-order valence-electron chi connectivity index (χ1n) is 10.5. The van der Waals surface area contributed by atoms with Gasteiger partial charge in [-0.25, -0.2) is 4.98 Å². The maximum atomic E-state index is 12.5. The minimum atomic E-state index is -1.02. The highest BCUT2D eigenvalue weighted by Gasteiger charge is 2.14. The molecule has 2 heterocycles. The van der Waals surface area contributed by atoms with E-state index in [9.17, 15) is 4.21 Å². The quantitative estimate of drug-likeness (QED) is 0.425. The normalized spacial score (nSPS) is 13.1. The Morgan fingerprint density at radius 3 is 2.28 bits per heavy atom. The number of rotatable bonds is 8. The third-order valence-corrected chi connectivity index (χ3v) is 6.98. The number of nitrogens with zero attached hydrogens (tertiary/aromatic N) is 4. The molecule has 0 saturated heterocycles. The zero-order valence-corrected chi connectivity index (χ0v) is 19.1. The minimum Gasteiger partial charge on any atom is -0.415 e. The van der Waals surface area contributed by atoms with Crippen molar-refractivity contribution >= 4 is 10.8 Å². The first kappa shape index (κ1) is 22.0. The van der Waals surface area contributed by atoms with E-state index in [1.54, 1.807) is 12.4 Å². The van der Waals surface area contributed by atoms with E-state index >= 15 is 0 Å². The second-order valence-electron chi connectivity index (χ2n) is 7.47. The molecule has 8 heteroatoms. The van der Waals surface area contributed by atoms with Crippen molar-refractivity contribution in [2.24, 2.45) is 0 Å². The largest absolute Gasteiger partial charge is 0.415 e. The number of benzene rings is 2. The van der Waals surface area contributed by atoms with E-state index in [2.05, 4.69) is 25.5 Å². The van der Waals surface area contributed by atoms with Gasteiger partial charge in [-0.2, -0.15) is 0 Å². The van der Waals surface area contributed by atoms with Crippen molar-refractivity contribution in [3.8, 4) is 34.3 Å². The average molecular weight is 448 g/mol. The van der Waals surface area contributed by atoms with Crippen molar-refractivity contribution in [1.82, 2.24) is 25.5 Å². The Bertz CT molecular complexity index is 1210. The standard InChI is InChI=1S/C24H25N5O2S/c1-4-16(2)32(30)20-11-9-18(10-12-20)21-14-26-15-22(27-21)24-29-28-23(31-24)19-7-5-17(6-8-19)13-25-3/h5-12,14-16,25H,4,13H2,1-3H3. The molecule has 2 aromatic heterocycles. The van der Waals surface area contributed by atoms with Gasteiger partial charge in [0, 0.05) is 27.8 Å². The molecule has 0 bridgehead atoms. The monoisotopic (exact) mass is 447 g/mol. The Morgan fingerprint density at radius 2 is 1.59 bits per heavy atom. The lowest BCUT2D eigenvalue weighted by molar-refractivity contribution is 0.582. The SMILES string of the molecule is CCC(C)S(=O)c1ccc(-c2cncc(-c3nnc(-c4ccc(CNC)cc4)o3)n2)cc1. The Hall–Kier alpha value is -3.23. The Kier molecular flexibility index (Phi) is 6.82. The lowest BCUT2D eigenvalue weighted by Crippen LogP contribution is -2.09. The summed E-state index contributed by atoms with van der Waals surface area (Å²) in [6.07, 6.45) is 4.15. The van der Waals surface area contributed by atoms with Crippen LogP contribution in [-0.2, 0) is 17.3 Å². The van der Waals surface area contributed by atoms with E-state index in [1.165, 1.54) is 5.56 Å². The van der Waals surface area contributed by atoms with Crippen molar-refractivity contribution in [3.05, 3.63) is 66.5 Å². The van der Waals surface area contributed by atoms with Crippen LogP contribution in [0.25, 0.3) is 34.3 Å². The molecule has 2 atom stereocenters. The van der Waals surface area contributed by atoms with Gasteiger partial charge in [0.25, 0.3) is 5.89 Å². The second kappa shape index (κ2) is 9.93. The fourth-order valence-corrected chi connectivity index (χ4v) is 4.34. The zero-order chi connectivity index (χ0) is 22.5. The number of aromatic nitrogens is 4. The molecule has 0 spiro atoms. The Balaban J connectivity index is 1.55. The predicted molar refractivity (Wildman–Crippen MR) is 125 cm³/mol. The topological polar surface area (TPSA) is 93.8 Å². The van der Waals surface area contributed by atoms with Gasteiger partial charge in [0.2, 0.25) is 5.89 Å². The summed E-state index contributed by atoms with van der Waals surface area (Å²) in [7, 11) is 0.894. The molecule has 7 nitrogen and oxygen atoms in total. The van der Waals surface area contributed by atoms with Gasteiger partial charge >= 0.3 is 0 Å². The molecule has 164 valence electrons. The van der Waals surface area contributed by atoms with Crippen molar-refractivity contribution in [2.75, 3.05) is 7.05 Å². The van der Waals surface area contributed by atoms with Crippen LogP contribution in [0.2, 0.25) is 0 Å². The maximum Gasteiger partial charge on any atom is 0.268 e. The van der Waals surface area contributed by atoms with E-state index in [-0.39, 0.29) is 5.25 Å². The number of hydrogen-bond donors (Lipinski definition) is 1. The summed E-state index contributed by atoms with van der Waals surface area (Å²) >= 11 is 0. The molecule has 0 amide bonds. The van der Waals surface area contributed by atoms with E-state index in [0.29, 0.717) is 23.2 Å². The van der Waals surface area contributed by atoms with Gasteiger partial charge in [-0.05, 0) is 43.3 Å². The van der Waals surface area contributed by atoms with Gasteiger partial charge in [-0.3, -0.25) is 9.19 Å². The van der Waals surface area contributed by atoms with Gasteiger partial charge in [0.1, 0.15) is 5.69 Å². The summed E-state index contributed by atoms with van der Waals surface area (Å²) in [5, 5.41) is 11.6. The molecule has 0 saturated carbocycles. The molecule has 0 aliphatic heterocycles. The molecule has 1 N–H and O–H groups in total. The van der Waals surface area contributed by atoms with Crippen molar-refractivity contribution < 1.29 is 8.63 Å². The fraction of sp³-hybridized carbons (Fsp3) is 0.250. The molecule has 0 aliphatic rings. The van der Waals surface area contributed by atoms with E-state index in [0.717, 1.165) is 29.0 Å². The molecule has 4 aromatic rings. The third-order valence-electron chi connectivity index (χ3n) is 5.18. The molecule has 2 unspecified atom stereocenters. The summed E-state index contributed by atoms with van der Waals surface area (Å²) in [4.78, 5) is 9.75. The second-order valence-corrected chi connectivity index (χ2v) is 9.34. The van der Waals surface area contributed by atoms with E-state index in [4.69, 9.17) is 4.42 Å². The van der Waals surface area contributed by atoms with E-state index < -0.39 is 10.8 Å². The van der Waals surface area contributed by atoms with Crippen molar-refractivity contribution in [3.63, 3.8) is 0 Å². The zero-order valence-electron chi connectivity index (χ0n) is 18.3. The highest BCUT2D eigenvalue weighted by Crippen LogP contribution is 2.25. The van der Waals surface area contributed by atoms with Crippen LogP contribution in [0.5, 0.6) is 0 Å². The van der Waals surface area contributed by atoms with Crippen LogP contribution < -0.4 is 5.32 Å². The highest BCUT2D eigenvalue weighted by atomic mass is 32.2. The maximum absolute atomic E-state index is 12.5. The lowest BCUT2D eigenvalue weighted by atomic mass is 10.1. The molecule has 32 heavy (non-hydrogen) atoms. The summed E-state index contributed by atoms with van der Waals surface area (Å²) in [5.74, 6) is 0.739. The Morgan fingerprint density at radius 1 is 0.938 bits per heavy atom. The Labute approximate surface area is 189 Å². The molecule has 0 radical (unpaired) electrons. The van der Waals surface area contributed by atoms with Crippen LogP contribution in [0.1, 0.15) is 25.8 Å². The highest BCUT2D eigenvalue weighted by molar-refractivity contribution is 7.85. The smallest absolute Gasteiger partial charge is 0.268 e. The van der Waals surface area contributed by atoms with Crippen molar-refractivity contribution in [1.29, 1.82) is 0 Å². The number of nitrogens with one attached hydrogen (secondary N) is 1. The molecular formula is C24H25N5O2S. The summed E-state index contributed by atoms with van der Waals surface area (Å²) in [5.41, 5.74) is 4.08. The fourth-order valence-electron chi connectivity index (χ4n) is 3.16. The minimum absolute atomic E-state index is 0.121. The van der Waals surface area contributed by atoms with Gasteiger partial charge in [0.15, 0.2) is 0 Å². The molecular weight excluding hydrogens is 422 g/mol. The van der Waals surface area contributed by atoms with Gasteiger partial charge in [0.05, 0.1) is 28.9 Å². The molecule has 4 rings (SSSR count). The van der Waals surface area contributed by atoms with Crippen LogP contribution in [0.3, 0.4) is 0 Å².